The minimum Gasteiger partial charge on any atom is -0.318 e. The Bertz CT molecular complexity index is 1150. The number of nitrogens with zero attached hydrogens (tertiary/aromatic N) is 2. The molecule has 1 saturated heterocycles. The van der Waals surface area contributed by atoms with E-state index in [-0.39, 0.29) is 11.8 Å². The van der Waals surface area contributed by atoms with Crippen molar-refractivity contribution < 1.29 is 14.4 Å². The van der Waals surface area contributed by atoms with Gasteiger partial charge < -0.3 is 9.47 Å². The van der Waals surface area contributed by atoms with Gasteiger partial charge in [0.25, 0.3) is 11.8 Å². The lowest BCUT2D eigenvalue weighted by atomic mass is 10.1. The van der Waals surface area contributed by atoms with Crippen LogP contribution in [0.2, 0.25) is 0 Å². The summed E-state index contributed by atoms with van der Waals surface area (Å²) in [4.78, 5) is 39.0. The minimum absolute atomic E-state index is 0.105. The molecule has 0 saturated carbocycles. The third kappa shape index (κ3) is 4.27. The first-order valence-electron chi connectivity index (χ1n) is 10.7. The Hall–Kier alpha value is -3.87. The van der Waals surface area contributed by atoms with Gasteiger partial charge in [0.05, 0.1) is 5.56 Å². The first kappa shape index (κ1) is 21.4. The summed E-state index contributed by atoms with van der Waals surface area (Å²) in [6.07, 6.45) is 2.45. The van der Waals surface area contributed by atoms with Crippen LogP contribution in [0.3, 0.4) is 0 Å². The highest BCUT2D eigenvalue weighted by atomic mass is 16.2. The summed E-state index contributed by atoms with van der Waals surface area (Å²) < 4.78 is 2.00. The van der Waals surface area contributed by atoms with E-state index in [1.165, 1.54) is 0 Å². The number of hydrogen-bond acceptors (Lipinski definition) is 3. The van der Waals surface area contributed by atoms with Gasteiger partial charge in [0.2, 0.25) is 5.91 Å². The third-order valence-electron chi connectivity index (χ3n) is 5.74. The number of benzene rings is 2. The molecule has 0 spiro atoms. The maximum atomic E-state index is 12.7. The van der Waals surface area contributed by atoms with E-state index >= 15 is 0 Å². The average Bonchev–Trinajstić information content (AvgIpc) is 3.12. The maximum absolute atomic E-state index is 12.7. The van der Waals surface area contributed by atoms with E-state index in [1.54, 1.807) is 35.2 Å². The molecule has 164 valence electrons. The second kappa shape index (κ2) is 9.09. The van der Waals surface area contributed by atoms with Crippen molar-refractivity contribution in [1.29, 1.82) is 0 Å². The molecule has 2 aromatic carbocycles. The van der Waals surface area contributed by atoms with Crippen LogP contribution in [0.4, 0.5) is 5.69 Å². The van der Waals surface area contributed by atoms with Crippen molar-refractivity contribution in [2.24, 2.45) is 0 Å². The molecule has 0 unspecified atom stereocenters. The molecule has 1 fully saturated rings. The zero-order valence-corrected chi connectivity index (χ0v) is 18.2. The topological polar surface area (TPSA) is 83.4 Å². The van der Waals surface area contributed by atoms with Gasteiger partial charge in [-0.25, -0.2) is 0 Å². The fraction of sp³-hybridized carbons (Fsp3) is 0.240. The normalized spacial score (nSPS) is 13.7. The Labute approximate surface area is 187 Å². The van der Waals surface area contributed by atoms with Gasteiger partial charge in [-0.3, -0.25) is 25.2 Å². The van der Waals surface area contributed by atoms with E-state index in [1.807, 2.05) is 48.7 Å². The first-order valence-corrected chi connectivity index (χ1v) is 10.7. The highest BCUT2D eigenvalue weighted by molar-refractivity contribution is 6.00. The Morgan fingerprint density at radius 2 is 1.53 bits per heavy atom. The molecule has 2 heterocycles. The number of amides is 3. The van der Waals surface area contributed by atoms with Gasteiger partial charge in [-0.1, -0.05) is 18.2 Å². The third-order valence-corrected chi connectivity index (χ3v) is 5.74. The number of carbonyl (C=O) groups is 3. The first-order chi connectivity index (χ1) is 15.5. The second-order valence-corrected chi connectivity index (χ2v) is 7.91. The van der Waals surface area contributed by atoms with Crippen molar-refractivity contribution in [2.75, 3.05) is 11.4 Å². The number of aryl methyl sites for hydroxylation is 1. The van der Waals surface area contributed by atoms with Crippen molar-refractivity contribution in [3.63, 3.8) is 0 Å². The number of hydrogen-bond donors (Lipinski definition) is 2. The predicted molar refractivity (Wildman–Crippen MR) is 123 cm³/mol. The molecule has 7 heteroatoms. The van der Waals surface area contributed by atoms with Crippen molar-refractivity contribution in [1.82, 2.24) is 15.4 Å². The smallest absolute Gasteiger partial charge is 0.271 e. The van der Waals surface area contributed by atoms with Crippen molar-refractivity contribution in [3.05, 3.63) is 83.2 Å². The fourth-order valence-corrected chi connectivity index (χ4v) is 4.09. The summed E-state index contributed by atoms with van der Waals surface area (Å²) in [5.74, 6) is -0.704. The summed E-state index contributed by atoms with van der Waals surface area (Å²) in [6, 6.07) is 18.4. The molecule has 1 aromatic heterocycles. The largest absolute Gasteiger partial charge is 0.318 e. The summed E-state index contributed by atoms with van der Waals surface area (Å²) >= 11 is 0. The predicted octanol–water partition coefficient (Wildman–Crippen LogP) is 3.69. The number of nitrogens with one attached hydrogen (secondary N) is 2. The van der Waals surface area contributed by atoms with Gasteiger partial charge in [-0.15, -0.1) is 0 Å². The standard InChI is InChI=1S/C25H26N4O3/c1-17-16-22(18(2)29(17)21-8-4-3-5-9-21)25(32)27-26-24(31)19-11-13-20(14-12-19)28-15-7-6-10-23(28)30/h3-5,8-9,11-14,16H,6-7,10,15H2,1-2H3,(H,26,31)(H,27,32). The number of aromatic nitrogens is 1. The lowest BCUT2D eigenvalue weighted by Gasteiger charge is -2.26. The fourth-order valence-electron chi connectivity index (χ4n) is 4.09. The van der Waals surface area contributed by atoms with Crippen LogP contribution in [0.25, 0.3) is 5.69 Å². The molecule has 0 aliphatic carbocycles. The lowest BCUT2D eigenvalue weighted by molar-refractivity contribution is -0.119. The molecule has 2 N–H and O–H groups in total. The Morgan fingerprint density at radius 1 is 0.844 bits per heavy atom. The van der Waals surface area contributed by atoms with Crippen LogP contribution in [0.1, 0.15) is 51.4 Å². The zero-order chi connectivity index (χ0) is 22.7. The Balaban J connectivity index is 1.41. The molecule has 7 nitrogen and oxygen atoms in total. The average molecular weight is 431 g/mol. The van der Waals surface area contributed by atoms with E-state index in [4.69, 9.17) is 0 Å². The molecule has 4 rings (SSSR count). The van der Waals surface area contributed by atoms with Gasteiger partial charge in [0.15, 0.2) is 0 Å². The second-order valence-electron chi connectivity index (χ2n) is 7.91. The molecule has 3 amide bonds. The van der Waals surface area contributed by atoms with Crippen LogP contribution in [0.5, 0.6) is 0 Å². The SMILES string of the molecule is Cc1cc(C(=O)NNC(=O)c2ccc(N3CCCCC3=O)cc2)c(C)n1-c1ccccc1. The van der Waals surface area contributed by atoms with Crippen molar-refractivity contribution in [2.45, 2.75) is 33.1 Å². The molecule has 0 bridgehead atoms. The van der Waals surface area contributed by atoms with Crippen LogP contribution < -0.4 is 15.8 Å². The van der Waals surface area contributed by atoms with Crippen LogP contribution in [0, 0.1) is 13.8 Å². The number of para-hydroxylation sites is 1. The van der Waals surface area contributed by atoms with Gasteiger partial charge in [0.1, 0.15) is 0 Å². The van der Waals surface area contributed by atoms with Crippen LogP contribution in [0.15, 0.2) is 60.7 Å². The molecule has 1 aliphatic rings. The van der Waals surface area contributed by atoms with Crippen molar-refractivity contribution in [3.8, 4) is 5.69 Å². The molecule has 3 aromatic rings. The number of piperidine rings is 1. The highest BCUT2D eigenvalue weighted by Crippen LogP contribution is 2.22. The monoisotopic (exact) mass is 430 g/mol. The van der Waals surface area contributed by atoms with E-state index < -0.39 is 5.91 Å². The van der Waals surface area contributed by atoms with Gasteiger partial charge in [-0.2, -0.15) is 0 Å². The molecule has 32 heavy (non-hydrogen) atoms. The van der Waals surface area contributed by atoms with Gasteiger partial charge in [-0.05, 0) is 69.2 Å². The number of carbonyl (C=O) groups excluding carboxylic acids is 3. The molecule has 1 aliphatic heterocycles. The zero-order valence-electron chi connectivity index (χ0n) is 18.2. The molecular weight excluding hydrogens is 404 g/mol. The number of hydrazine groups is 1. The Kier molecular flexibility index (Phi) is 6.07. The Morgan fingerprint density at radius 3 is 2.22 bits per heavy atom. The van der Waals surface area contributed by atoms with E-state index in [2.05, 4.69) is 10.9 Å². The molecule has 0 atom stereocenters. The van der Waals surface area contributed by atoms with E-state index in [0.717, 1.165) is 35.6 Å². The summed E-state index contributed by atoms with van der Waals surface area (Å²) in [6.45, 7) is 4.50. The minimum atomic E-state index is -0.424. The van der Waals surface area contributed by atoms with E-state index in [0.29, 0.717) is 24.1 Å². The highest BCUT2D eigenvalue weighted by Gasteiger charge is 2.20. The van der Waals surface area contributed by atoms with Gasteiger partial charge >= 0.3 is 0 Å². The molecule has 0 radical (unpaired) electrons. The van der Waals surface area contributed by atoms with Gasteiger partial charge in [0, 0.05) is 41.3 Å². The summed E-state index contributed by atoms with van der Waals surface area (Å²) in [7, 11) is 0. The van der Waals surface area contributed by atoms with Crippen LogP contribution >= 0.6 is 0 Å². The van der Waals surface area contributed by atoms with Crippen LogP contribution in [-0.2, 0) is 4.79 Å². The quantitative estimate of drug-likeness (QED) is 0.620. The summed E-state index contributed by atoms with van der Waals surface area (Å²) in [5, 5.41) is 0. The maximum Gasteiger partial charge on any atom is 0.271 e. The number of anilines is 1. The van der Waals surface area contributed by atoms with Crippen molar-refractivity contribution >= 4 is 23.4 Å². The van der Waals surface area contributed by atoms with Crippen LogP contribution in [-0.4, -0.2) is 28.8 Å². The lowest BCUT2D eigenvalue weighted by Crippen LogP contribution is -2.41. The molecular formula is C25H26N4O3. The summed E-state index contributed by atoms with van der Waals surface area (Å²) in [5.41, 5.74) is 9.32. The van der Waals surface area contributed by atoms with E-state index in [9.17, 15) is 14.4 Å². The number of rotatable bonds is 4.